The molecule has 1 heterocycles. The minimum atomic E-state index is 0. The van der Waals surface area contributed by atoms with Crippen LogP contribution in [0.2, 0.25) is 0 Å². The van der Waals surface area contributed by atoms with E-state index in [1.54, 1.807) is 20.4 Å². The molecule has 0 aliphatic rings. The number of halogens is 1. The predicted molar refractivity (Wildman–Crippen MR) is 129 cm³/mol. The number of hydrogen-bond donors (Lipinski definition) is 2. The Hall–Kier alpha value is -1.68. The summed E-state index contributed by atoms with van der Waals surface area (Å²) in [7, 11) is 3.41. The van der Waals surface area contributed by atoms with Gasteiger partial charge in [-0.3, -0.25) is 4.99 Å². The van der Waals surface area contributed by atoms with E-state index in [4.69, 9.17) is 9.47 Å². The topological polar surface area (TPSA) is 67.8 Å². The number of benzene rings is 1. The van der Waals surface area contributed by atoms with Crippen LogP contribution in [0.5, 0.6) is 17.4 Å². The van der Waals surface area contributed by atoms with Crippen LogP contribution >= 0.6 is 35.7 Å². The first-order valence-electron chi connectivity index (χ1n) is 8.95. The van der Waals surface area contributed by atoms with E-state index in [0.717, 1.165) is 30.2 Å². The van der Waals surface area contributed by atoms with Crippen LogP contribution in [0.3, 0.4) is 0 Å². The van der Waals surface area contributed by atoms with E-state index < -0.39 is 0 Å². The molecule has 0 spiro atoms. The summed E-state index contributed by atoms with van der Waals surface area (Å²) in [5.74, 6) is 3.99. The van der Waals surface area contributed by atoms with Gasteiger partial charge < -0.3 is 20.1 Å². The maximum atomic E-state index is 5.76. The molecule has 0 aliphatic carbocycles. The minimum absolute atomic E-state index is 0. The fraction of sp³-hybridized carbons (Fsp3) is 0.400. The van der Waals surface area contributed by atoms with Gasteiger partial charge in [0.05, 0.1) is 7.11 Å². The first-order valence-corrected chi connectivity index (χ1v) is 10.3. The lowest BCUT2D eigenvalue weighted by molar-refractivity contribution is 0.407. The maximum absolute atomic E-state index is 5.76. The number of aromatic nitrogens is 1. The summed E-state index contributed by atoms with van der Waals surface area (Å²) < 4.78 is 11.0. The quantitative estimate of drug-likeness (QED) is 0.212. The van der Waals surface area contributed by atoms with E-state index in [-0.39, 0.29) is 24.0 Å². The van der Waals surface area contributed by atoms with Gasteiger partial charge in [-0.05, 0) is 42.5 Å². The van der Waals surface area contributed by atoms with Crippen LogP contribution in [0.25, 0.3) is 0 Å². The van der Waals surface area contributed by atoms with Gasteiger partial charge in [0.15, 0.2) is 5.96 Å². The van der Waals surface area contributed by atoms with Gasteiger partial charge in [-0.15, -0.1) is 24.0 Å². The molecule has 0 fully saturated rings. The number of guanidine groups is 1. The number of nitrogens with one attached hydrogen (secondary N) is 2. The minimum Gasteiger partial charge on any atom is -0.497 e. The lowest BCUT2D eigenvalue weighted by Crippen LogP contribution is -2.37. The van der Waals surface area contributed by atoms with E-state index in [1.165, 1.54) is 12.2 Å². The van der Waals surface area contributed by atoms with Gasteiger partial charge >= 0.3 is 0 Å². The Balaban J connectivity index is 0.00000392. The monoisotopic (exact) mass is 516 g/mol. The van der Waals surface area contributed by atoms with Crippen LogP contribution in [0.15, 0.2) is 47.6 Å². The molecule has 0 radical (unpaired) electrons. The van der Waals surface area contributed by atoms with Crippen LogP contribution in [-0.4, -0.2) is 43.7 Å². The van der Waals surface area contributed by atoms with Crippen LogP contribution in [-0.2, 0) is 6.54 Å². The third-order valence-electron chi connectivity index (χ3n) is 3.81. The zero-order chi connectivity index (χ0) is 19.3. The molecule has 2 aromatic rings. The van der Waals surface area contributed by atoms with Crippen molar-refractivity contribution < 1.29 is 9.47 Å². The van der Waals surface area contributed by atoms with Crippen LogP contribution in [0.4, 0.5) is 0 Å². The number of ether oxygens (including phenoxy) is 2. The second kappa shape index (κ2) is 14.3. The molecular formula is C20H29IN4O2S. The van der Waals surface area contributed by atoms with E-state index in [0.29, 0.717) is 18.2 Å². The second-order valence-electron chi connectivity index (χ2n) is 5.84. The summed E-state index contributed by atoms with van der Waals surface area (Å²) in [6, 6.07) is 11.3. The number of nitrogens with zero attached hydrogens (tertiary/aromatic N) is 2. The SMILES string of the molecule is CN=C(NCCCCSC)NCc1ccc(Oc2cccc(OC)c2)nc1.I. The predicted octanol–water partition coefficient (Wildman–Crippen LogP) is 4.31. The first kappa shape index (κ1) is 24.4. The number of thioether (sulfide) groups is 1. The number of hydrogen-bond acceptors (Lipinski definition) is 5. The van der Waals surface area contributed by atoms with Gasteiger partial charge in [0.2, 0.25) is 5.88 Å². The summed E-state index contributed by atoms with van der Waals surface area (Å²) in [5.41, 5.74) is 1.05. The Kier molecular flexibility index (Phi) is 12.5. The Labute approximate surface area is 188 Å². The van der Waals surface area contributed by atoms with Gasteiger partial charge in [0, 0.05) is 38.5 Å². The van der Waals surface area contributed by atoms with E-state index in [2.05, 4.69) is 26.9 Å². The van der Waals surface area contributed by atoms with Gasteiger partial charge in [-0.1, -0.05) is 12.1 Å². The molecule has 2 rings (SSSR count). The van der Waals surface area contributed by atoms with E-state index >= 15 is 0 Å². The van der Waals surface area contributed by atoms with Crippen molar-refractivity contribution >= 4 is 41.7 Å². The van der Waals surface area contributed by atoms with Crippen molar-refractivity contribution in [2.24, 2.45) is 4.99 Å². The number of aliphatic imine (C=N–C) groups is 1. The smallest absolute Gasteiger partial charge is 0.219 e. The fourth-order valence-corrected chi connectivity index (χ4v) is 2.84. The first-order chi connectivity index (χ1) is 13.2. The molecule has 0 saturated carbocycles. The molecule has 0 bridgehead atoms. The molecule has 0 atom stereocenters. The fourth-order valence-electron chi connectivity index (χ4n) is 2.35. The number of methoxy groups -OCH3 is 1. The molecule has 8 heteroatoms. The lowest BCUT2D eigenvalue weighted by Gasteiger charge is -2.12. The van der Waals surface area contributed by atoms with Crippen molar-refractivity contribution in [2.75, 3.05) is 32.7 Å². The molecule has 28 heavy (non-hydrogen) atoms. The average molecular weight is 516 g/mol. The molecule has 1 aromatic heterocycles. The normalized spacial score (nSPS) is 10.8. The van der Waals surface area contributed by atoms with Crippen molar-refractivity contribution in [2.45, 2.75) is 19.4 Å². The molecule has 0 amide bonds. The second-order valence-corrected chi connectivity index (χ2v) is 6.82. The van der Waals surface area contributed by atoms with Crippen LogP contribution in [0.1, 0.15) is 18.4 Å². The van der Waals surface area contributed by atoms with Crippen LogP contribution < -0.4 is 20.1 Å². The van der Waals surface area contributed by atoms with Gasteiger partial charge in [0.25, 0.3) is 0 Å². The highest BCUT2D eigenvalue weighted by Gasteiger charge is 2.02. The van der Waals surface area contributed by atoms with Crippen molar-refractivity contribution in [3.05, 3.63) is 48.2 Å². The van der Waals surface area contributed by atoms with Crippen molar-refractivity contribution in [1.82, 2.24) is 15.6 Å². The third-order valence-corrected chi connectivity index (χ3v) is 4.51. The van der Waals surface area contributed by atoms with Crippen molar-refractivity contribution in [1.29, 1.82) is 0 Å². The molecule has 0 aliphatic heterocycles. The highest BCUT2D eigenvalue weighted by Crippen LogP contribution is 2.23. The Morgan fingerprint density at radius 3 is 2.64 bits per heavy atom. The number of unbranched alkanes of at least 4 members (excludes halogenated alkanes) is 1. The summed E-state index contributed by atoms with van der Waals surface area (Å²) in [5, 5.41) is 6.62. The van der Waals surface area contributed by atoms with Crippen molar-refractivity contribution in [3.8, 4) is 17.4 Å². The van der Waals surface area contributed by atoms with Crippen molar-refractivity contribution in [3.63, 3.8) is 0 Å². The summed E-state index contributed by atoms with van der Waals surface area (Å²) in [6.45, 7) is 1.57. The molecular weight excluding hydrogens is 487 g/mol. The summed E-state index contributed by atoms with van der Waals surface area (Å²) in [6.07, 6.45) is 6.28. The van der Waals surface area contributed by atoms with Gasteiger partial charge in [-0.25, -0.2) is 4.98 Å². The lowest BCUT2D eigenvalue weighted by atomic mass is 10.3. The van der Waals surface area contributed by atoms with Gasteiger partial charge in [-0.2, -0.15) is 11.8 Å². The molecule has 0 unspecified atom stereocenters. The highest BCUT2D eigenvalue weighted by molar-refractivity contribution is 14.0. The molecule has 1 aromatic carbocycles. The van der Waals surface area contributed by atoms with E-state index in [9.17, 15) is 0 Å². The van der Waals surface area contributed by atoms with E-state index in [1.807, 2.05) is 48.2 Å². The Morgan fingerprint density at radius 2 is 1.96 bits per heavy atom. The van der Waals surface area contributed by atoms with Gasteiger partial charge in [0.1, 0.15) is 11.5 Å². The molecule has 6 nitrogen and oxygen atoms in total. The third kappa shape index (κ3) is 9.01. The zero-order valence-electron chi connectivity index (χ0n) is 16.6. The van der Waals surface area contributed by atoms with Crippen LogP contribution in [0, 0.1) is 0 Å². The molecule has 2 N–H and O–H groups in total. The number of rotatable bonds is 10. The highest BCUT2D eigenvalue weighted by atomic mass is 127. The Morgan fingerprint density at radius 1 is 1.14 bits per heavy atom. The standard InChI is InChI=1S/C20H28N4O2S.HI/c1-21-20(22-11-4-5-12-27-3)24-15-16-9-10-19(23-14-16)26-18-8-6-7-17(13-18)25-2;/h6-10,13-14H,4-5,11-12,15H2,1-3H3,(H2,21,22,24);1H. The molecule has 0 saturated heterocycles. The average Bonchev–Trinajstić information content (AvgIpc) is 2.71. The largest absolute Gasteiger partial charge is 0.497 e. The zero-order valence-corrected chi connectivity index (χ0v) is 19.8. The summed E-state index contributed by atoms with van der Waals surface area (Å²) >= 11 is 1.88. The molecule has 154 valence electrons. The summed E-state index contributed by atoms with van der Waals surface area (Å²) in [4.78, 5) is 8.61. The Bertz CT molecular complexity index is 714. The number of pyridine rings is 1. The maximum Gasteiger partial charge on any atom is 0.219 e.